The molecule has 2 heterocycles. The zero-order valence-corrected chi connectivity index (χ0v) is 28.5. The molecule has 4 aromatic carbocycles. The topological polar surface area (TPSA) is 107 Å². The number of aromatic nitrogens is 2. The van der Waals surface area contributed by atoms with Crippen LogP contribution in [0.3, 0.4) is 0 Å². The molecule has 2 unspecified atom stereocenters. The lowest BCUT2D eigenvalue weighted by molar-refractivity contribution is 0.0920. The first-order chi connectivity index (χ1) is 24.4. The predicted molar refractivity (Wildman–Crippen MR) is 189 cm³/mol. The first kappa shape index (κ1) is 32.2. The van der Waals surface area contributed by atoms with Gasteiger partial charge in [-0.25, -0.2) is 22.8 Å². The molecule has 5 aromatic rings. The maximum Gasteiger partial charge on any atom is 0.331 e. The van der Waals surface area contributed by atoms with Gasteiger partial charge in [-0.15, -0.1) is 0 Å². The highest BCUT2D eigenvalue weighted by atomic mass is 32.2. The number of fused-ring (bicyclic) bond motifs is 3. The maximum atomic E-state index is 16.0. The molecule has 256 valence electrons. The molecular weight excluding hydrogens is 654 g/mol. The van der Waals surface area contributed by atoms with Crippen LogP contribution in [0.15, 0.2) is 106 Å². The highest BCUT2D eigenvalue weighted by molar-refractivity contribution is 7.92. The van der Waals surface area contributed by atoms with E-state index in [1.165, 1.54) is 6.20 Å². The Hall–Kier alpha value is -5.00. The van der Waals surface area contributed by atoms with Crippen molar-refractivity contribution in [3.8, 4) is 5.88 Å². The van der Waals surface area contributed by atoms with Crippen molar-refractivity contribution < 1.29 is 22.9 Å². The fraction of sp³-hybridized carbons (Fsp3) is 0.282. The molecule has 2 atom stereocenters. The number of anilines is 1. The minimum Gasteiger partial charge on any atom is -0.469 e. The summed E-state index contributed by atoms with van der Waals surface area (Å²) in [6.45, 7) is 0.692. The van der Waals surface area contributed by atoms with Crippen molar-refractivity contribution in [3.05, 3.63) is 142 Å². The van der Waals surface area contributed by atoms with Crippen LogP contribution in [-0.2, 0) is 52.4 Å². The molecular formula is C39H38FN5O4S. The molecule has 2 aliphatic carbocycles. The van der Waals surface area contributed by atoms with Crippen LogP contribution in [-0.4, -0.2) is 39.8 Å². The molecule has 9 nitrogen and oxygen atoms in total. The molecule has 0 saturated carbocycles. The summed E-state index contributed by atoms with van der Waals surface area (Å²) in [7, 11) is -2.32. The summed E-state index contributed by atoms with van der Waals surface area (Å²) in [6, 6.07) is 28.2. The Morgan fingerprint density at radius 2 is 1.42 bits per heavy atom. The van der Waals surface area contributed by atoms with Gasteiger partial charge in [-0.3, -0.25) is 0 Å². The Morgan fingerprint density at radius 3 is 1.94 bits per heavy atom. The smallest absolute Gasteiger partial charge is 0.331 e. The molecule has 1 aliphatic heterocycles. The number of methoxy groups -OCH3 is 1. The summed E-state index contributed by atoms with van der Waals surface area (Å²) in [5.74, 6) is 0.124. The zero-order valence-electron chi connectivity index (χ0n) is 27.7. The number of hydrogen-bond donors (Lipinski definition) is 2. The van der Waals surface area contributed by atoms with Crippen LogP contribution in [0, 0.1) is 5.82 Å². The van der Waals surface area contributed by atoms with Gasteiger partial charge < -0.3 is 14.8 Å². The van der Waals surface area contributed by atoms with Gasteiger partial charge in [0.2, 0.25) is 5.88 Å². The van der Waals surface area contributed by atoms with Crippen molar-refractivity contribution in [1.82, 2.24) is 14.5 Å². The molecule has 50 heavy (non-hydrogen) atoms. The highest BCUT2D eigenvalue weighted by Crippen LogP contribution is 2.44. The summed E-state index contributed by atoms with van der Waals surface area (Å²) >= 11 is 0. The Labute approximate surface area is 291 Å². The van der Waals surface area contributed by atoms with Gasteiger partial charge >= 0.3 is 6.03 Å². The van der Waals surface area contributed by atoms with Crippen molar-refractivity contribution in [2.45, 2.75) is 61.6 Å². The van der Waals surface area contributed by atoms with E-state index in [0.717, 1.165) is 40.7 Å². The Bertz CT molecular complexity index is 2050. The summed E-state index contributed by atoms with van der Waals surface area (Å²) in [4.78, 5) is 14.5. The van der Waals surface area contributed by atoms with Crippen molar-refractivity contribution in [2.75, 3.05) is 19.0 Å². The molecule has 8 rings (SSSR count). The molecule has 2 amide bonds. The number of carbonyl (C=O) groups excluding carboxylic acids is 1. The molecule has 0 spiro atoms. The van der Waals surface area contributed by atoms with Crippen LogP contribution in [0.4, 0.5) is 14.9 Å². The number of rotatable bonds is 9. The second-order valence-electron chi connectivity index (χ2n) is 13.0. The van der Waals surface area contributed by atoms with E-state index in [9.17, 15) is 4.79 Å². The summed E-state index contributed by atoms with van der Waals surface area (Å²) in [5, 5.41) is 7.57. The van der Waals surface area contributed by atoms with Crippen LogP contribution >= 0.6 is 0 Å². The Morgan fingerprint density at radius 1 is 0.900 bits per heavy atom. The van der Waals surface area contributed by atoms with Crippen LogP contribution < -0.4 is 14.8 Å². The van der Waals surface area contributed by atoms with E-state index in [4.69, 9.17) is 13.8 Å². The molecule has 11 heteroatoms. The SMILES string of the molecule is COCC1Cn2ncc(S(=O)(=NC(c3ccccc3)(c3ccccc3)c3ccccc3)NC(=O)Nc3c4c(c(F)c5c3CCC5)CCC4)c2O1. The van der Waals surface area contributed by atoms with E-state index >= 15 is 8.60 Å². The van der Waals surface area contributed by atoms with Gasteiger partial charge in [0.25, 0.3) is 0 Å². The number of ether oxygens (including phenoxy) is 2. The van der Waals surface area contributed by atoms with Gasteiger partial charge in [0.15, 0.2) is 9.92 Å². The number of amides is 2. The minimum atomic E-state index is -3.91. The summed E-state index contributed by atoms with van der Waals surface area (Å²) < 4.78 is 52.9. The Kier molecular flexibility index (Phi) is 8.40. The third-order valence-corrected chi connectivity index (χ3v) is 11.8. The van der Waals surface area contributed by atoms with E-state index in [1.807, 2.05) is 91.0 Å². The van der Waals surface area contributed by atoms with E-state index in [-0.39, 0.29) is 22.7 Å². The number of nitrogens with zero attached hydrogens (tertiary/aromatic N) is 3. The molecule has 0 bridgehead atoms. The average molecular weight is 692 g/mol. The van der Waals surface area contributed by atoms with E-state index < -0.39 is 21.5 Å². The van der Waals surface area contributed by atoms with E-state index in [0.29, 0.717) is 55.6 Å². The first-order valence-corrected chi connectivity index (χ1v) is 18.5. The van der Waals surface area contributed by atoms with Crippen molar-refractivity contribution in [1.29, 1.82) is 0 Å². The largest absolute Gasteiger partial charge is 0.469 e. The number of benzene rings is 4. The van der Waals surface area contributed by atoms with E-state index in [2.05, 4.69) is 15.1 Å². The first-order valence-electron chi connectivity index (χ1n) is 17.0. The van der Waals surface area contributed by atoms with Gasteiger partial charge in [0, 0.05) is 12.8 Å². The summed E-state index contributed by atoms with van der Waals surface area (Å²) in [5.41, 5.74) is 4.55. The van der Waals surface area contributed by atoms with Gasteiger partial charge in [-0.1, -0.05) is 91.0 Å². The third kappa shape index (κ3) is 5.45. The lowest BCUT2D eigenvalue weighted by Gasteiger charge is -2.33. The van der Waals surface area contributed by atoms with Gasteiger partial charge in [0.05, 0.1) is 19.3 Å². The maximum absolute atomic E-state index is 16.0. The molecule has 0 saturated heterocycles. The normalized spacial score (nSPS) is 17.3. The number of hydrogen-bond acceptors (Lipinski definition) is 6. The molecule has 0 radical (unpaired) electrons. The van der Waals surface area contributed by atoms with Crippen LogP contribution in [0.2, 0.25) is 0 Å². The standard InChI is InChI=1S/C39H38FN5O4S/c1-48-25-29-24-45-37(49-29)34(23-41-45)50(47,43-38(46)42-36-32-21-11-19-30(32)35(40)31-20-12-22-33(31)36)44-39(26-13-5-2-6-14-26,27-15-7-3-8-16-27)28-17-9-4-10-18-28/h2-10,13-18,23,29H,11-12,19-22,24-25H2,1H3,(H2,42,43,44,46,47). The van der Waals surface area contributed by atoms with Crippen molar-refractivity contribution in [2.24, 2.45) is 4.36 Å². The number of nitrogens with one attached hydrogen (secondary N) is 2. The van der Waals surface area contributed by atoms with E-state index in [1.54, 1.807) is 11.8 Å². The molecule has 2 N–H and O–H groups in total. The second-order valence-corrected chi connectivity index (χ2v) is 14.9. The summed E-state index contributed by atoms with van der Waals surface area (Å²) in [6.07, 6.45) is 5.33. The van der Waals surface area contributed by atoms with Gasteiger partial charge in [-0.05, 0) is 77.5 Å². The third-order valence-electron chi connectivity index (χ3n) is 9.94. The Balaban J connectivity index is 1.33. The predicted octanol–water partition coefficient (Wildman–Crippen LogP) is 6.96. The minimum absolute atomic E-state index is 0.133. The van der Waals surface area contributed by atoms with Crippen LogP contribution in [0.25, 0.3) is 0 Å². The average Bonchev–Trinajstić information content (AvgIpc) is 3.96. The van der Waals surface area contributed by atoms with Crippen molar-refractivity contribution in [3.63, 3.8) is 0 Å². The van der Waals surface area contributed by atoms with Crippen LogP contribution in [0.5, 0.6) is 5.88 Å². The quantitative estimate of drug-likeness (QED) is 0.163. The fourth-order valence-corrected chi connectivity index (χ4v) is 9.61. The number of halogens is 1. The lowest BCUT2D eigenvalue weighted by atomic mass is 9.78. The zero-order chi connectivity index (χ0) is 34.3. The van der Waals surface area contributed by atoms with Crippen LogP contribution in [0.1, 0.15) is 51.8 Å². The van der Waals surface area contributed by atoms with Gasteiger partial charge in [0.1, 0.15) is 22.4 Å². The molecule has 3 aliphatic rings. The number of carbonyl (C=O) groups is 1. The number of urea groups is 1. The van der Waals surface area contributed by atoms with Gasteiger partial charge in [-0.2, -0.15) is 9.46 Å². The molecule has 1 aromatic heterocycles. The second kappa shape index (κ2) is 13.0. The van der Waals surface area contributed by atoms with Crippen molar-refractivity contribution >= 4 is 21.6 Å². The lowest BCUT2D eigenvalue weighted by Crippen LogP contribution is -2.38. The molecule has 0 fully saturated rings. The monoisotopic (exact) mass is 691 g/mol. The fourth-order valence-electron chi connectivity index (χ4n) is 7.78. The highest BCUT2D eigenvalue weighted by Gasteiger charge is 2.41.